The number of fused-ring (bicyclic) bond motifs is 1. The number of benzene rings is 2. The van der Waals surface area contributed by atoms with Gasteiger partial charge in [0.25, 0.3) is 0 Å². The lowest BCUT2D eigenvalue weighted by atomic mass is 10.0. The van der Waals surface area contributed by atoms with E-state index in [9.17, 15) is 5.11 Å². The summed E-state index contributed by atoms with van der Waals surface area (Å²) in [6.07, 6.45) is 3.13. The van der Waals surface area contributed by atoms with Crippen molar-refractivity contribution in [2.75, 3.05) is 13.1 Å². The molecule has 1 aliphatic heterocycles. The standard InChI is InChI=1S/C24H22ClN3OS/c25-23-17(7-4-8-19(23)16-5-2-1-3-6-16)13-20-24-21(9-11-26-20)30-22(27-24)15-28-12-10-18(29)14-28/h1-9,11,18,29H,10,12-15H2/t18-/m0/s1. The number of aromatic nitrogens is 2. The van der Waals surface area contributed by atoms with Crippen LogP contribution in [-0.2, 0) is 13.0 Å². The van der Waals surface area contributed by atoms with Gasteiger partial charge in [0.15, 0.2) is 0 Å². The molecule has 4 aromatic rings. The van der Waals surface area contributed by atoms with Crippen LogP contribution in [0.1, 0.15) is 22.7 Å². The summed E-state index contributed by atoms with van der Waals surface area (Å²) in [7, 11) is 0. The molecule has 0 saturated carbocycles. The molecule has 6 heteroatoms. The van der Waals surface area contributed by atoms with Crippen molar-refractivity contribution in [2.24, 2.45) is 0 Å². The Bertz CT molecular complexity index is 1180. The summed E-state index contributed by atoms with van der Waals surface area (Å²) in [6.45, 7) is 2.42. The molecular formula is C24H22ClN3OS. The molecule has 0 bridgehead atoms. The monoisotopic (exact) mass is 435 g/mol. The van der Waals surface area contributed by atoms with E-state index in [4.69, 9.17) is 16.6 Å². The molecule has 152 valence electrons. The van der Waals surface area contributed by atoms with Crippen molar-refractivity contribution >= 4 is 33.2 Å². The molecule has 0 aliphatic carbocycles. The van der Waals surface area contributed by atoms with E-state index < -0.39 is 0 Å². The van der Waals surface area contributed by atoms with E-state index in [0.717, 1.165) is 68.7 Å². The van der Waals surface area contributed by atoms with E-state index in [1.807, 2.05) is 30.5 Å². The fourth-order valence-corrected chi connectivity index (χ4v) is 5.36. The van der Waals surface area contributed by atoms with E-state index in [1.54, 1.807) is 11.3 Å². The zero-order valence-corrected chi connectivity index (χ0v) is 18.0. The van der Waals surface area contributed by atoms with Crippen LogP contribution in [0.25, 0.3) is 21.3 Å². The van der Waals surface area contributed by atoms with Crippen LogP contribution >= 0.6 is 22.9 Å². The van der Waals surface area contributed by atoms with Gasteiger partial charge >= 0.3 is 0 Å². The second-order valence-electron chi connectivity index (χ2n) is 7.71. The van der Waals surface area contributed by atoms with Gasteiger partial charge in [-0.2, -0.15) is 0 Å². The number of nitrogens with zero attached hydrogens (tertiary/aromatic N) is 3. The maximum absolute atomic E-state index is 9.78. The summed E-state index contributed by atoms with van der Waals surface area (Å²) >= 11 is 8.51. The number of hydrogen-bond donors (Lipinski definition) is 1. The molecule has 0 amide bonds. The van der Waals surface area contributed by atoms with Gasteiger partial charge < -0.3 is 5.11 Å². The SMILES string of the molecule is O[C@H]1CCN(Cc2nc3c(Cc4cccc(-c5ccccc5)c4Cl)nccc3s2)C1. The number of β-amino-alcohol motifs (C(OH)–C–C–N with tert-alkyl or cyclic N) is 1. The molecule has 1 atom stereocenters. The number of pyridine rings is 1. The van der Waals surface area contributed by atoms with E-state index in [2.05, 4.69) is 40.2 Å². The zero-order valence-electron chi connectivity index (χ0n) is 16.5. The largest absolute Gasteiger partial charge is 0.392 e. The van der Waals surface area contributed by atoms with Gasteiger partial charge in [-0.05, 0) is 23.6 Å². The third-order valence-corrected chi connectivity index (χ3v) is 7.01. The summed E-state index contributed by atoms with van der Waals surface area (Å²) in [5.74, 6) is 0. The molecule has 1 N–H and O–H groups in total. The number of thiazole rings is 1. The van der Waals surface area contributed by atoms with Crippen molar-refractivity contribution < 1.29 is 5.11 Å². The summed E-state index contributed by atoms with van der Waals surface area (Å²) in [4.78, 5) is 11.8. The van der Waals surface area contributed by atoms with Gasteiger partial charge in [0.2, 0.25) is 0 Å². The molecule has 2 aromatic carbocycles. The van der Waals surface area contributed by atoms with Crippen LogP contribution in [0.5, 0.6) is 0 Å². The van der Waals surface area contributed by atoms with Crippen LogP contribution in [0.2, 0.25) is 5.02 Å². The molecule has 0 spiro atoms. The van der Waals surface area contributed by atoms with Crippen LogP contribution in [0, 0.1) is 0 Å². The molecule has 1 saturated heterocycles. The fraction of sp³-hybridized carbons (Fsp3) is 0.250. The Morgan fingerprint density at radius 2 is 1.97 bits per heavy atom. The van der Waals surface area contributed by atoms with Crippen molar-refractivity contribution in [3.8, 4) is 11.1 Å². The highest BCUT2D eigenvalue weighted by Crippen LogP contribution is 2.33. The Hall–Kier alpha value is -2.31. The molecule has 1 fully saturated rings. The molecule has 3 heterocycles. The van der Waals surface area contributed by atoms with Crippen molar-refractivity contribution in [1.29, 1.82) is 0 Å². The quantitative estimate of drug-likeness (QED) is 0.470. The summed E-state index contributed by atoms with van der Waals surface area (Å²) in [5, 5.41) is 11.6. The Morgan fingerprint density at radius 3 is 2.77 bits per heavy atom. The number of likely N-dealkylation sites (tertiary alicyclic amines) is 1. The first-order valence-electron chi connectivity index (χ1n) is 10.1. The molecule has 4 nitrogen and oxygen atoms in total. The minimum atomic E-state index is -0.212. The first-order chi connectivity index (χ1) is 14.7. The first kappa shape index (κ1) is 19.6. The first-order valence-corrected chi connectivity index (χ1v) is 11.3. The lowest BCUT2D eigenvalue weighted by molar-refractivity contribution is 0.175. The van der Waals surface area contributed by atoms with Crippen molar-refractivity contribution in [2.45, 2.75) is 25.5 Å². The van der Waals surface area contributed by atoms with Gasteiger partial charge in [0.05, 0.1) is 28.1 Å². The van der Waals surface area contributed by atoms with Crippen molar-refractivity contribution in [3.63, 3.8) is 0 Å². The topological polar surface area (TPSA) is 49.2 Å². The highest BCUT2D eigenvalue weighted by atomic mass is 35.5. The number of aliphatic hydroxyl groups is 1. The van der Waals surface area contributed by atoms with Gasteiger partial charge in [0.1, 0.15) is 10.5 Å². The Labute approximate surface area is 184 Å². The lowest BCUT2D eigenvalue weighted by Gasteiger charge is -2.12. The molecule has 2 aromatic heterocycles. The second kappa shape index (κ2) is 8.44. The van der Waals surface area contributed by atoms with Crippen LogP contribution in [0.15, 0.2) is 60.8 Å². The number of aliphatic hydroxyl groups excluding tert-OH is 1. The molecule has 1 aliphatic rings. The van der Waals surface area contributed by atoms with Crippen molar-refractivity contribution in [1.82, 2.24) is 14.9 Å². The molecule has 0 unspecified atom stereocenters. The van der Waals surface area contributed by atoms with Gasteiger partial charge in [-0.1, -0.05) is 60.1 Å². The van der Waals surface area contributed by atoms with Crippen LogP contribution < -0.4 is 0 Å². The smallest absolute Gasteiger partial charge is 0.108 e. The summed E-state index contributed by atoms with van der Waals surface area (Å²) < 4.78 is 1.14. The number of halogens is 1. The maximum atomic E-state index is 9.78. The highest BCUT2D eigenvalue weighted by molar-refractivity contribution is 7.18. The number of hydrogen-bond acceptors (Lipinski definition) is 5. The van der Waals surface area contributed by atoms with E-state index in [1.165, 1.54) is 0 Å². The zero-order chi connectivity index (χ0) is 20.5. The predicted molar refractivity (Wildman–Crippen MR) is 123 cm³/mol. The Balaban J connectivity index is 1.44. The van der Waals surface area contributed by atoms with Gasteiger partial charge in [-0.3, -0.25) is 9.88 Å². The fourth-order valence-electron chi connectivity index (χ4n) is 4.04. The number of rotatable bonds is 5. The average molecular weight is 436 g/mol. The van der Waals surface area contributed by atoms with E-state index in [-0.39, 0.29) is 6.10 Å². The third-order valence-electron chi connectivity index (χ3n) is 5.56. The van der Waals surface area contributed by atoms with E-state index >= 15 is 0 Å². The maximum Gasteiger partial charge on any atom is 0.108 e. The van der Waals surface area contributed by atoms with Crippen LogP contribution in [0.4, 0.5) is 0 Å². The second-order valence-corrected chi connectivity index (χ2v) is 9.20. The van der Waals surface area contributed by atoms with Crippen LogP contribution in [0.3, 0.4) is 0 Å². The van der Waals surface area contributed by atoms with Crippen molar-refractivity contribution in [3.05, 3.63) is 82.1 Å². The minimum absolute atomic E-state index is 0.212. The van der Waals surface area contributed by atoms with Crippen LogP contribution in [-0.4, -0.2) is 39.2 Å². The Morgan fingerprint density at radius 1 is 1.10 bits per heavy atom. The lowest BCUT2D eigenvalue weighted by Crippen LogP contribution is -2.21. The van der Waals surface area contributed by atoms with E-state index in [0.29, 0.717) is 6.42 Å². The molecule has 30 heavy (non-hydrogen) atoms. The van der Waals surface area contributed by atoms with Gasteiger partial charge in [0, 0.05) is 31.3 Å². The molecule has 5 rings (SSSR count). The highest BCUT2D eigenvalue weighted by Gasteiger charge is 2.21. The van der Waals surface area contributed by atoms with Gasteiger partial charge in [-0.25, -0.2) is 4.98 Å². The third kappa shape index (κ3) is 3.98. The molecular weight excluding hydrogens is 414 g/mol. The average Bonchev–Trinajstić information content (AvgIpc) is 3.36. The molecule has 0 radical (unpaired) electrons. The summed E-state index contributed by atoms with van der Waals surface area (Å²) in [6, 6.07) is 18.4. The van der Waals surface area contributed by atoms with Gasteiger partial charge in [-0.15, -0.1) is 11.3 Å². The predicted octanol–water partition coefficient (Wildman–Crippen LogP) is 5.17. The normalized spacial score (nSPS) is 17.1. The summed E-state index contributed by atoms with van der Waals surface area (Å²) in [5.41, 5.74) is 5.10. The Kier molecular flexibility index (Phi) is 5.52. The minimum Gasteiger partial charge on any atom is -0.392 e.